The van der Waals surface area contributed by atoms with Crippen molar-refractivity contribution in [3.05, 3.63) is 0 Å². The number of nitrogens with zero attached hydrogens (tertiary/aromatic N) is 2. The summed E-state index contributed by atoms with van der Waals surface area (Å²) in [5, 5.41) is 0. The van der Waals surface area contributed by atoms with Gasteiger partial charge in [0.15, 0.2) is 0 Å². The minimum absolute atomic E-state index is 0.192. The van der Waals surface area contributed by atoms with Crippen LogP contribution in [0.5, 0.6) is 0 Å². The average molecular weight is 205 g/mol. The molecule has 0 aromatic carbocycles. The monoisotopic (exact) mass is 204 g/mol. The lowest BCUT2D eigenvalue weighted by Crippen LogP contribution is -2.32. The lowest BCUT2D eigenvalue weighted by atomic mass is 10.3. The van der Waals surface area contributed by atoms with E-state index in [0.717, 1.165) is 39.0 Å². The third-order valence-corrected chi connectivity index (χ3v) is 2.64. The number of carbonyl (C=O) groups is 1. The van der Waals surface area contributed by atoms with Gasteiger partial charge in [-0.3, -0.25) is 0 Å². The van der Waals surface area contributed by atoms with Gasteiger partial charge in [-0.15, -0.1) is 11.6 Å². The summed E-state index contributed by atoms with van der Waals surface area (Å²) in [5.74, 6) is 0.694. The van der Waals surface area contributed by atoms with Crippen molar-refractivity contribution in [1.82, 2.24) is 9.80 Å². The van der Waals surface area contributed by atoms with Gasteiger partial charge in [-0.1, -0.05) is 0 Å². The van der Waals surface area contributed by atoms with Gasteiger partial charge in [0.25, 0.3) is 0 Å². The fraction of sp³-hybridized carbons (Fsp3) is 0.889. The first-order valence-corrected chi connectivity index (χ1v) is 5.43. The Bertz CT molecular complexity index is 175. The molecule has 0 saturated carbocycles. The highest BCUT2D eigenvalue weighted by atomic mass is 35.5. The maximum absolute atomic E-state index is 11.5. The van der Waals surface area contributed by atoms with Gasteiger partial charge < -0.3 is 9.80 Å². The van der Waals surface area contributed by atoms with Gasteiger partial charge in [0.2, 0.25) is 0 Å². The van der Waals surface area contributed by atoms with E-state index in [1.165, 1.54) is 0 Å². The van der Waals surface area contributed by atoms with Gasteiger partial charge in [0.1, 0.15) is 0 Å². The van der Waals surface area contributed by atoms with Crippen molar-refractivity contribution in [3.63, 3.8) is 0 Å². The molecule has 1 heterocycles. The summed E-state index contributed by atoms with van der Waals surface area (Å²) in [6, 6.07) is 0.192. The lowest BCUT2D eigenvalue weighted by molar-refractivity contribution is 0.193. The molecule has 0 unspecified atom stereocenters. The van der Waals surface area contributed by atoms with E-state index in [9.17, 15) is 4.79 Å². The number of amides is 2. The van der Waals surface area contributed by atoms with Crippen LogP contribution in [0, 0.1) is 0 Å². The van der Waals surface area contributed by atoms with Gasteiger partial charge in [0.05, 0.1) is 0 Å². The zero-order valence-electron chi connectivity index (χ0n) is 8.13. The third kappa shape index (κ3) is 2.76. The van der Waals surface area contributed by atoms with Crippen LogP contribution in [0.25, 0.3) is 0 Å². The number of hydrogen-bond acceptors (Lipinski definition) is 1. The van der Waals surface area contributed by atoms with Gasteiger partial charge in [-0.2, -0.15) is 0 Å². The smallest absolute Gasteiger partial charge is 0.320 e. The van der Waals surface area contributed by atoms with Gasteiger partial charge in [-0.25, -0.2) is 4.79 Å². The summed E-state index contributed by atoms with van der Waals surface area (Å²) in [6.07, 6.45) is 2.02. The number of unbranched alkanes of at least 4 members (excludes halogenated alkanes) is 1. The molecule has 1 fully saturated rings. The zero-order chi connectivity index (χ0) is 9.68. The molecule has 76 valence electrons. The predicted octanol–water partition coefficient (Wildman–Crippen LogP) is 1.76. The van der Waals surface area contributed by atoms with Crippen LogP contribution >= 0.6 is 11.6 Å². The minimum Gasteiger partial charge on any atom is -0.323 e. The van der Waals surface area contributed by atoms with Crippen LogP contribution in [0.3, 0.4) is 0 Å². The second kappa shape index (κ2) is 5.32. The molecule has 0 aromatic heterocycles. The Hall–Kier alpha value is -0.440. The molecule has 1 rings (SSSR count). The number of alkyl halides is 1. The lowest BCUT2D eigenvalue weighted by Gasteiger charge is -2.16. The zero-order valence-corrected chi connectivity index (χ0v) is 8.89. The van der Waals surface area contributed by atoms with E-state index in [0.29, 0.717) is 5.88 Å². The van der Waals surface area contributed by atoms with Crippen molar-refractivity contribution in [3.8, 4) is 0 Å². The molecule has 1 aliphatic rings. The van der Waals surface area contributed by atoms with Crippen molar-refractivity contribution in [2.24, 2.45) is 0 Å². The van der Waals surface area contributed by atoms with E-state index >= 15 is 0 Å². The third-order valence-electron chi connectivity index (χ3n) is 2.37. The number of rotatable bonds is 5. The Balaban J connectivity index is 2.24. The molecule has 1 saturated heterocycles. The molecule has 0 spiro atoms. The van der Waals surface area contributed by atoms with Crippen LogP contribution in [0.1, 0.15) is 19.8 Å². The molecule has 0 atom stereocenters. The maximum Gasteiger partial charge on any atom is 0.320 e. The predicted molar refractivity (Wildman–Crippen MR) is 54.2 cm³/mol. The second-order valence-electron chi connectivity index (χ2n) is 3.25. The fourth-order valence-corrected chi connectivity index (χ4v) is 1.72. The van der Waals surface area contributed by atoms with Crippen molar-refractivity contribution >= 4 is 17.6 Å². The molecule has 0 radical (unpaired) electrons. The largest absolute Gasteiger partial charge is 0.323 e. The molecular formula is C9H17ClN2O. The molecule has 3 nitrogen and oxygen atoms in total. The Morgan fingerprint density at radius 1 is 1.31 bits per heavy atom. The molecule has 0 aliphatic carbocycles. The van der Waals surface area contributed by atoms with Crippen molar-refractivity contribution in [2.45, 2.75) is 19.8 Å². The normalized spacial score (nSPS) is 17.2. The van der Waals surface area contributed by atoms with E-state index in [-0.39, 0.29) is 6.03 Å². The molecular weight excluding hydrogens is 188 g/mol. The highest BCUT2D eigenvalue weighted by Crippen LogP contribution is 2.09. The maximum atomic E-state index is 11.5. The van der Waals surface area contributed by atoms with E-state index in [2.05, 4.69) is 0 Å². The van der Waals surface area contributed by atoms with E-state index in [1.54, 1.807) is 0 Å². The molecule has 0 bridgehead atoms. The molecule has 1 aliphatic heterocycles. The standard InChI is InChI=1S/C9H17ClN2O/c1-2-11-7-8-12(9(11)13)6-4-3-5-10/h2-8H2,1H3. The summed E-state index contributed by atoms with van der Waals surface area (Å²) in [7, 11) is 0. The Morgan fingerprint density at radius 3 is 2.54 bits per heavy atom. The van der Waals surface area contributed by atoms with Gasteiger partial charge in [-0.05, 0) is 19.8 Å². The molecule has 4 heteroatoms. The van der Waals surface area contributed by atoms with E-state index in [1.807, 2.05) is 16.7 Å². The van der Waals surface area contributed by atoms with Crippen LogP contribution in [0.4, 0.5) is 4.79 Å². The first-order valence-electron chi connectivity index (χ1n) is 4.89. The number of urea groups is 1. The first kappa shape index (κ1) is 10.6. The molecule has 0 aromatic rings. The van der Waals surface area contributed by atoms with E-state index < -0.39 is 0 Å². The number of halogens is 1. The number of carbonyl (C=O) groups excluding carboxylic acids is 1. The van der Waals surface area contributed by atoms with Gasteiger partial charge in [0, 0.05) is 32.1 Å². The Morgan fingerprint density at radius 2 is 2.00 bits per heavy atom. The second-order valence-corrected chi connectivity index (χ2v) is 3.62. The first-order chi connectivity index (χ1) is 6.29. The molecule has 13 heavy (non-hydrogen) atoms. The van der Waals surface area contributed by atoms with Crippen LogP contribution in [0.2, 0.25) is 0 Å². The summed E-state index contributed by atoms with van der Waals surface area (Å²) in [4.78, 5) is 15.3. The van der Waals surface area contributed by atoms with Crippen molar-refractivity contribution < 1.29 is 4.79 Å². The van der Waals surface area contributed by atoms with Crippen LogP contribution in [-0.2, 0) is 0 Å². The van der Waals surface area contributed by atoms with Crippen molar-refractivity contribution in [2.75, 3.05) is 32.1 Å². The van der Waals surface area contributed by atoms with Gasteiger partial charge >= 0.3 is 6.03 Å². The van der Waals surface area contributed by atoms with E-state index in [4.69, 9.17) is 11.6 Å². The fourth-order valence-electron chi connectivity index (χ4n) is 1.53. The summed E-state index contributed by atoms with van der Waals surface area (Å²) in [6.45, 7) is 5.47. The average Bonchev–Trinajstić information content (AvgIpc) is 2.48. The summed E-state index contributed by atoms with van der Waals surface area (Å²) < 4.78 is 0. The molecule has 0 N–H and O–H groups in total. The van der Waals surface area contributed by atoms with Crippen LogP contribution < -0.4 is 0 Å². The highest BCUT2D eigenvalue weighted by molar-refractivity contribution is 6.17. The quantitative estimate of drug-likeness (QED) is 0.495. The Kier molecular flexibility index (Phi) is 4.36. The number of likely N-dealkylation sites (N-methyl/N-ethyl adjacent to an activating group) is 1. The minimum atomic E-state index is 0.192. The number of hydrogen-bond donors (Lipinski definition) is 0. The summed E-state index contributed by atoms with van der Waals surface area (Å²) >= 11 is 5.57. The van der Waals surface area contributed by atoms with Crippen LogP contribution in [0.15, 0.2) is 0 Å². The Labute approximate surface area is 84.6 Å². The highest BCUT2D eigenvalue weighted by Gasteiger charge is 2.25. The van der Waals surface area contributed by atoms with Crippen molar-refractivity contribution in [1.29, 1.82) is 0 Å². The molecule has 2 amide bonds. The topological polar surface area (TPSA) is 23.6 Å². The summed E-state index contributed by atoms with van der Waals surface area (Å²) in [5.41, 5.74) is 0. The van der Waals surface area contributed by atoms with Crippen LogP contribution in [-0.4, -0.2) is 47.9 Å². The SMILES string of the molecule is CCN1CCN(CCCCCl)C1=O.